The van der Waals surface area contributed by atoms with Crippen LogP contribution in [-0.2, 0) is 0 Å². The van der Waals surface area contributed by atoms with Crippen LogP contribution in [0.2, 0.25) is 0 Å². The van der Waals surface area contributed by atoms with Crippen molar-refractivity contribution in [1.29, 1.82) is 0 Å². The lowest BCUT2D eigenvalue weighted by Crippen LogP contribution is -2.32. The first-order valence-corrected chi connectivity index (χ1v) is 6.69. The molecule has 6 heteroatoms. The minimum atomic E-state index is -0.600. The summed E-state index contributed by atoms with van der Waals surface area (Å²) < 4.78 is 5.65. The largest absolute Gasteiger partial charge is 0.491 e. The molecule has 0 spiro atoms. The number of aliphatic hydroxyl groups is 1. The number of carbonyl (C=O) groups excluding carboxylic acids is 1. The van der Waals surface area contributed by atoms with Crippen LogP contribution >= 0.6 is 0 Å². The van der Waals surface area contributed by atoms with E-state index >= 15 is 0 Å². The van der Waals surface area contributed by atoms with Crippen LogP contribution in [0.3, 0.4) is 0 Å². The number of nitrogens with two attached hydrogens (primary N) is 1. The van der Waals surface area contributed by atoms with Gasteiger partial charge in [0.2, 0.25) is 0 Å². The first-order chi connectivity index (χ1) is 9.52. The molecule has 4 N–H and O–H groups in total. The zero-order valence-corrected chi connectivity index (χ0v) is 11.6. The highest BCUT2D eigenvalue weighted by Gasteiger charge is 2.30. The van der Waals surface area contributed by atoms with Gasteiger partial charge >= 0.3 is 0 Å². The minimum absolute atomic E-state index is 0.371. The Bertz CT molecular complexity index is 476. The Morgan fingerprint density at radius 3 is 2.95 bits per heavy atom. The van der Waals surface area contributed by atoms with Crippen molar-refractivity contribution >= 4 is 5.91 Å². The molecule has 2 rings (SSSR count). The van der Waals surface area contributed by atoms with Gasteiger partial charge in [-0.05, 0) is 25.5 Å². The predicted molar refractivity (Wildman–Crippen MR) is 75.3 cm³/mol. The van der Waals surface area contributed by atoms with E-state index in [0.717, 1.165) is 13.0 Å². The Labute approximate surface area is 118 Å². The molecule has 1 unspecified atom stereocenters. The number of nitrogens with one attached hydrogen (secondary N) is 1. The number of hydrogen-bond donors (Lipinski definition) is 3. The molecule has 110 valence electrons. The summed E-state index contributed by atoms with van der Waals surface area (Å²) in [5.41, 5.74) is 1.92. The topological polar surface area (TPSA) is 87.8 Å². The first kappa shape index (κ1) is 14.8. The molecule has 6 nitrogen and oxygen atoms in total. The van der Waals surface area contributed by atoms with E-state index in [9.17, 15) is 9.90 Å². The Balaban J connectivity index is 1.87. The van der Waals surface area contributed by atoms with Crippen LogP contribution in [0.5, 0.6) is 5.75 Å². The van der Waals surface area contributed by atoms with Gasteiger partial charge in [-0.2, -0.15) is 0 Å². The second kappa shape index (κ2) is 6.21. The van der Waals surface area contributed by atoms with Crippen LogP contribution < -0.4 is 16.0 Å². The number of nitrogen functional groups attached to an aromatic ring is 1. The highest BCUT2D eigenvalue weighted by atomic mass is 16.5. The maximum atomic E-state index is 11.6. The lowest BCUT2D eigenvalue weighted by Gasteiger charge is -2.19. The van der Waals surface area contributed by atoms with E-state index in [2.05, 4.69) is 10.3 Å². The number of para-hydroxylation sites is 1. The van der Waals surface area contributed by atoms with Crippen molar-refractivity contribution < 1.29 is 14.6 Å². The third kappa shape index (κ3) is 3.69. The van der Waals surface area contributed by atoms with Crippen LogP contribution in [0.4, 0.5) is 0 Å². The summed E-state index contributed by atoms with van der Waals surface area (Å²) in [6.07, 6.45) is 0.777. The number of nitrogens with zero attached hydrogens (tertiary/aromatic N) is 1. The van der Waals surface area contributed by atoms with Gasteiger partial charge in [0.25, 0.3) is 5.91 Å². The van der Waals surface area contributed by atoms with E-state index in [1.807, 2.05) is 13.0 Å². The summed E-state index contributed by atoms with van der Waals surface area (Å²) in [6, 6.07) is 6.97. The number of benzene rings is 1. The number of carbonyl (C=O) groups is 1. The molecule has 0 radical (unpaired) electrons. The SMILES string of the molecule is CC1(O)CCN(CCOc2ccccc2C(=O)NN)C1. The van der Waals surface area contributed by atoms with Crippen molar-refractivity contribution in [2.24, 2.45) is 5.84 Å². The van der Waals surface area contributed by atoms with Crippen molar-refractivity contribution in [1.82, 2.24) is 10.3 Å². The molecule has 0 aromatic heterocycles. The predicted octanol–water partition coefficient (Wildman–Crippen LogP) is 0.126. The minimum Gasteiger partial charge on any atom is -0.491 e. The second-order valence-electron chi connectivity index (χ2n) is 5.34. The normalized spacial score (nSPS) is 22.8. The molecule has 1 atom stereocenters. The molecule has 1 amide bonds. The molecule has 1 aromatic carbocycles. The molecule has 0 bridgehead atoms. The van der Waals surface area contributed by atoms with Crippen molar-refractivity contribution in [3.8, 4) is 5.75 Å². The van der Waals surface area contributed by atoms with Crippen molar-refractivity contribution in [2.75, 3.05) is 26.2 Å². The molecule has 0 aliphatic carbocycles. The van der Waals surface area contributed by atoms with E-state index in [-0.39, 0.29) is 5.91 Å². The van der Waals surface area contributed by atoms with E-state index in [1.54, 1.807) is 18.2 Å². The fourth-order valence-corrected chi connectivity index (χ4v) is 2.37. The first-order valence-electron chi connectivity index (χ1n) is 6.69. The summed E-state index contributed by atoms with van der Waals surface area (Å²) in [6.45, 7) is 4.54. The molecule has 1 aromatic rings. The molecular formula is C14H21N3O3. The van der Waals surface area contributed by atoms with E-state index in [1.165, 1.54) is 0 Å². The van der Waals surface area contributed by atoms with E-state index in [0.29, 0.717) is 31.0 Å². The van der Waals surface area contributed by atoms with Crippen molar-refractivity contribution in [2.45, 2.75) is 18.9 Å². The van der Waals surface area contributed by atoms with E-state index < -0.39 is 5.60 Å². The Kier molecular flexibility index (Phi) is 4.59. The quantitative estimate of drug-likeness (QED) is 0.405. The monoisotopic (exact) mass is 279 g/mol. The maximum absolute atomic E-state index is 11.6. The van der Waals surface area contributed by atoms with Crippen LogP contribution in [0.25, 0.3) is 0 Å². The third-order valence-electron chi connectivity index (χ3n) is 3.46. The van der Waals surface area contributed by atoms with Gasteiger partial charge in [0.15, 0.2) is 0 Å². The van der Waals surface area contributed by atoms with Crippen LogP contribution in [-0.4, -0.2) is 47.8 Å². The highest BCUT2D eigenvalue weighted by molar-refractivity contribution is 5.96. The lowest BCUT2D eigenvalue weighted by molar-refractivity contribution is 0.0670. The Morgan fingerprint density at radius 2 is 2.30 bits per heavy atom. The number of amides is 1. The molecule has 1 saturated heterocycles. The second-order valence-corrected chi connectivity index (χ2v) is 5.34. The average Bonchev–Trinajstić information content (AvgIpc) is 2.78. The number of likely N-dealkylation sites (tertiary alicyclic amines) is 1. The molecule has 1 fully saturated rings. The highest BCUT2D eigenvalue weighted by Crippen LogP contribution is 2.21. The summed E-state index contributed by atoms with van der Waals surface area (Å²) >= 11 is 0. The molecule has 0 saturated carbocycles. The number of hydrazine groups is 1. The number of rotatable bonds is 5. The summed E-state index contributed by atoms with van der Waals surface area (Å²) in [4.78, 5) is 13.7. The van der Waals surface area contributed by atoms with Gasteiger partial charge < -0.3 is 9.84 Å². The van der Waals surface area contributed by atoms with Crippen LogP contribution in [0.15, 0.2) is 24.3 Å². The number of β-amino-alcohol motifs (C(OH)–C–C–N with tert-alkyl or cyclic N) is 1. The fraction of sp³-hybridized carbons (Fsp3) is 0.500. The van der Waals surface area contributed by atoms with Gasteiger partial charge in [0.1, 0.15) is 12.4 Å². The molecule has 1 aliphatic heterocycles. The lowest BCUT2D eigenvalue weighted by atomic mass is 10.1. The zero-order valence-electron chi connectivity index (χ0n) is 11.6. The molecule has 1 heterocycles. The van der Waals surface area contributed by atoms with Gasteiger partial charge in [-0.15, -0.1) is 0 Å². The van der Waals surface area contributed by atoms with Gasteiger partial charge in [0, 0.05) is 19.6 Å². The van der Waals surface area contributed by atoms with Gasteiger partial charge in [0.05, 0.1) is 11.2 Å². The van der Waals surface area contributed by atoms with Crippen molar-refractivity contribution in [3.05, 3.63) is 29.8 Å². The summed E-state index contributed by atoms with van der Waals surface area (Å²) in [7, 11) is 0. The standard InChI is InChI=1S/C14H21N3O3/c1-14(19)6-7-17(10-14)8-9-20-12-5-3-2-4-11(12)13(18)16-15/h2-5,19H,6-10,15H2,1H3,(H,16,18). The maximum Gasteiger partial charge on any atom is 0.268 e. The fourth-order valence-electron chi connectivity index (χ4n) is 2.37. The van der Waals surface area contributed by atoms with Gasteiger partial charge in [-0.3, -0.25) is 15.1 Å². The van der Waals surface area contributed by atoms with Gasteiger partial charge in [-0.1, -0.05) is 12.1 Å². The molecule has 20 heavy (non-hydrogen) atoms. The molecule has 1 aliphatic rings. The third-order valence-corrected chi connectivity index (χ3v) is 3.46. The van der Waals surface area contributed by atoms with E-state index in [4.69, 9.17) is 10.6 Å². The smallest absolute Gasteiger partial charge is 0.268 e. The van der Waals surface area contributed by atoms with Crippen molar-refractivity contribution in [3.63, 3.8) is 0 Å². The average molecular weight is 279 g/mol. The summed E-state index contributed by atoms with van der Waals surface area (Å²) in [5, 5.41) is 9.88. The zero-order chi connectivity index (χ0) is 14.6. The van der Waals surface area contributed by atoms with Crippen LogP contribution in [0.1, 0.15) is 23.7 Å². The van der Waals surface area contributed by atoms with Crippen LogP contribution in [0, 0.1) is 0 Å². The Hall–Kier alpha value is -1.63. The molecular weight excluding hydrogens is 258 g/mol. The number of ether oxygens (including phenoxy) is 1. The summed E-state index contributed by atoms with van der Waals surface area (Å²) in [5.74, 6) is 5.28. The Morgan fingerprint density at radius 1 is 1.55 bits per heavy atom. The number of hydrogen-bond acceptors (Lipinski definition) is 5. The van der Waals surface area contributed by atoms with Gasteiger partial charge in [-0.25, -0.2) is 5.84 Å².